The maximum atomic E-state index is 12.2. The zero-order chi connectivity index (χ0) is 15.9. The average Bonchev–Trinajstić information content (AvgIpc) is 2.94. The number of hydrogen-bond acceptors (Lipinski definition) is 4. The highest BCUT2D eigenvalue weighted by Gasteiger charge is 2.10. The number of nitrogens with zero attached hydrogens (tertiary/aromatic N) is 4. The SMILES string of the molecule is CCCCCC(C)NC(=O)c1ccc(-n2nnnc2C)cc1. The van der Waals surface area contributed by atoms with Crippen molar-refractivity contribution < 1.29 is 4.79 Å². The van der Waals surface area contributed by atoms with Gasteiger partial charge in [0.2, 0.25) is 0 Å². The van der Waals surface area contributed by atoms with Gasteiger partial charge in [-0.2, -0.15) is 4.68 Å². The number of amides is 1. The zero-order valence-electron chi connectivity index (χ0n) is 13.4. The summed E-state index contributed by atoms with van der Waals surface area (Å²) >= 11 is 0. The molecule has 22 heavy (non-hydrogen) atoms. The third-order valence-corrected chi connectivity index (χ3v) is 3.62. The Kier molecular flexibility index (Phi) is 5.63. The summed E-state index contributed by atoms with van der Waals surface area (Å²) in [7, 11) is 0. The third-order valence-electron chi connectivity index (χ3n) is 3.62. The van der Waals surface area contributed by atoms with E-state index in [0.29, 0.717) is 11.4 Å². The largest absolute Gasteiger partial charge is 0.350 e. The van der Waals surface area contributed by atoms with Crippen LogP contribution < -0.4 is 5.32 Å². The predicted octanol–water partition coefficient (Wildman–Crippen LogP) is 2.67. The van der Waals surface area contributed by atoms with Crippen LogP contribution in [0.1, 0.15) is 55.7 Å². The number of rotatable bonds is 7. The van der Waals surface area contributed by atoms with Gasteiger partial charge in [-0.25, -0.2) is 0 Å². The van der Waals surface area contributed by atoms with Crippen LogP contribution in [0.25, 0.3) is 5.69 Å². The molecule has 0 fully saturated rings. The van der Waals surface area contributed by atoms with Crippen LogP contribution in [0.3, 0.4) is 0 Å². The summed E-state index contributed by atoms with van der Waals surface area (Å²) in [5, 5.41) is 14.4. The van der Waals surface area contributed by atoms with Gasteiger partial charge >= 0.3 is 0 Å². The van der Waals surface area contributed by atoms with Gasteiger partial charge in [0.1, 0.15) is 0 Å². The molecule has 0 aliphatic carbocycles. The third kappa shape index (κ3) is 4.13. The van der Waals surface area contributed by atoms with Gasteiger partial charge in [-0.3, -0.25) is 4.79 Å². The monoisotopic (exact) mass is 301 g/mol. The number of nitrogens with one attached hydrogen (secondary N) is 1. The first-order chi connectivity index (χ1) is 10.6. The topological polar surface area (TPSA) is 72.7 Å². The van der Waals surface area contributed by atoms with Crippen LogP contribution in [0.5, 0.6) is 0 Å². The molecule has 1 aromatic heterocycles. The number of hydrogen-bond donors (Lipinski definition) is 1. The van der Waals surface area contributed by atoms with Crippen LogP contribution in [-0.4, -0.2) is 32.2 Å². The van der Waals surface area contributed by atoms with Gasteiger partial charge in [0.15, 0.2) is 5.82 Å². The Morgan fingerprint density at radius 2 is 2.00 bits per heavy atom. The summed E-state index contributed by atoms with van der Waals surface area (Å²) in [5.41, 5.74) is 1.49. The van der Waals surface area contributed by atoms with Crippen molar-refractivity contribution in [2.24, 2.45) is 0 Å². The normalized spacial score (nSPS) is 12.1. The first-order valence-corrected chi connectivity index (χ1v) is 7.78. The lowest BCUT2D eigenvalue weighted by molar-refractivity contribution is 0.0938. The quantitative estimate of drug-likeness (QED) is 0.798. The predicted molar refractivity (Wildman–Crippen MR) is 85.0 cm³/mol. The summed E-state index contributed by atoms with van der Waals surface area (Å²) in [6.07, 6.45) is 4.57. The second-order valence-electron chi connectivity index (χ2n) is 5.56. The van der Waals surface area contributed by atoms with Crippen molar-refractivity contribution in [1.29, 1.82) is 0 Å². The summed E-state index contributed by atoms with van der Waals surface area (Å²) in [4.78, 5) is 12.2. The Labute approximate surface area is 130 Å². The number of carbonyl (C=O) groups excluding carboxylic acids is 1. The van der Waals surface area contributed by atoms with E-state index in [9.17, 15) is 4.79 Å². The molecule has 0 saturated carbocycles. The number of benzene rings is 1. The molecule has 0 aliphatic rings. The summed E-state index contributed by atoms with van der Waals surface area (Å²) < 4.78 is 1.63. The fourth-order valence-electron chi connectivity index (χ4n) is 2.30. The van der Waals surface area contributed by atoms with Crippen molar-refractivity contribution in [2.75, 3.05) is 0 Å². The van der Waals surface area contributed by atoms with E-state index in [1.54, 1.807) is 16.8 Å². The molecule has 0 radical (unpaired) electrons. The van der Waals surface area contributed by atoms with E-state index in [0.717, 1.165) is 18.5 Å². The van der Waals surface area contributed by atoms with E-state index in [2.05, 4.69) is 27.8 Å². The standard InChI is InChI=1S/C16H23N5O/c1-4-5-6-7-12(2)17-16(22)14-8-10-15(11-9-14)21-13(3)18-19-20-21/h8-12H,4-7H2,1-3H3,(H,17,22). The van der Waals surface area contributed by atoms with Crippen molar-refractivity contribution in [3.63, 3.8) is 0 Å². The fraction of sp³-hybridized carbons (Fsp3) is 0.500. The van der Waals surface area contributed by atoms with Gasteiger partial charge in [-0.05, 0) is 55.0 Å². The van der Waals surface area contributed by atoms with Gasteiger partial charge in [-0.1, -0.05) is 26.2 Å². The molecule has 1 heterocycles. The minimum atomic E-state index is -0.0380. The number of aromatic nitrogens is 4. The molecule has 1 amide bonds. The van der Waals surface area contributed by atoms with Gasteiger partial charge < -0.3 is 5.32 Å². The van der Waals surface area contributed by atoms with Crippen LogP contribution in [0.4, 0.5) is 0 Å². The van der Waals surface area contributed by atoms with Gasteiger partial charge in [0.05, 0.1) is 5.69 Å². The molecule has 2 rings (SSSR count). The average molecular weight is 301 g/mol. The van der Waals surface area contributed by atoms with E-state index in [4.69, 9.17) is 0 Å². The van der Waals surface area contributed by atoms with Crippen molar-refractivity contribution in [3.05, 3.63) is 35.7 Å². The van der Waals surface area contributed by atoms with Gasteiger partial charge in [-0.15, -0.1) is 5.10 Å². The van der Waals surface area contributed by atoms with Crippen LogP contribution in [0, 0.1) is 6.92 Å². The summed E-state index contributed by atoms with van der Waals surface area (Å²) in [6.45, 7) is 6.06. The first kappa shape index (κ1) is 16.1. The Morgan fingerprint density at radius 3 is 2.59 bits per heavy atom. The molecule has 118 valence electrons. The van der Waals surface area contributed by atoms with Crippen LogP contribution in [-0.2, 0) is 0 Å². The maximum Gasteiger partial charge on any atom is 0.251 e. The van der Waals surface area contributed by atoms with E-state index >= 15 is 0 Å². The maximum absolute atomic E-state index is 12.2. The number of unbranched alkanes of at least 4 members (excludes halogenated alkanes) is 2. The number of tetrazole rings is 1. The molecule has 0 saturated heterocycles. The molecule has 1 aromatic carbocycles. The number of carbonyl (C=O) groups is 1. The lowest BCUT2D eigenvalue weighted by Gasteiger charge is -2.13. The first-order valence-electron chi connectivity index (χ1n) is 7.78. The molecular weight excluding hydrogens is 278 g/mol. The summed E-state index contributed by atoms with van der Waals surface area (Å²) in [6, 6.07) is 7.48. The van der Waals surface area contributed by atoms with Crippen molar-refractivity contribution in [3.8, 4) is 5.69 Å². The fourth-order valence-corrected chi connectivity index (χ4v) is 2.30. The molecule has 1 N–H and O–H groups in total. The lowest BCUT2D eigenvalue weighted by atomic mass is 10.1. The Hall–Kier alpha value is -2.24. The minimum absolute atomic E-state index is 0.0380. The van der Waals surface area contributed by atoms with Crippen LogP contribution in [0.15, 0.2) is 24.3 Å². The molecule has 6 nitrogen and oxygen atoms in total. The van der Waals surface area contributed by atoms with E-state index in [1.165, 1.54) is 12.8 Å². The van der Waals surface area contributed by atoms with E-state index < -0.39 is 0 Å². The van der Waals surface area contributed by atoms with Crippen LogP contribution >= 0.6 is 0 Å². The van der Waals surface area contributed by atoms with Crippen molar-refractivity contribution >= 4 is 5.91 Å². The molecule has 0 aliphatic heterocycles. The van der Waals surface area contributed by atoms with Gasteiger partial charge in [0, 0.05) is 11.6 Å². The highest BCUT2D eigenvalue weighted by atomic mass is 16.1. The van der Waals surface area contributed by atoms with Gasteiger partial charge in [0.25, 0.3) is 5.91 Å². The van der Waals surface area contributed by atoms with Crippen molar-refractivity contribution in [1.82, 2.24) is 25.5 Å². The molecule has 0 spiro atoms. The number of aryl methyl sites for hydroxylation is 1. The highest BCUT2D eigenvalue weighted by Crippen LogP contribution is 2.10. The smallest absolute Gasteiger partial charge is 0.251 e. The van der Waals surface area contributed by atoms with Crippen LogP contribution in [0.2, 0.25) is 0 Å². The zero-order valence-corrected chi connectivity index (χ0v) is 13.4. The molecule has 0 bridgehead atoms. The molecular formula is C16H23N5O. The van der Waals surface area contributed by atoms with E-state index in [1.807, 2.05) is 26.0 Å². The summed E-state index contributed by atoms with van der Waals surface area (Å²) in [5.74, 6) is 0.672. The Balaban J connectivity index is 1.95. The minimum Gasteiger partial charge on any atom is -0.350 e. The Bertz CT molecular complexity index is 605. The second kappa shape index (κ2) is 7.68. The van der Waals surface area contributed by atoms with E-state index in [-0.39, 0.29) is 11.9 Å². The molecule has 6 heteroatoms. The second-order valence-corrected chi connectivity index (χ2v) is 5.56. The molecule has 1 unspecified atom stereocenters. The van der Waals surface area contributed by atoms with Crippen molar-refractivity contribution in [2.45, 2.75) is 52.5 Å². The highest BCUT2D eigenvalue weighted by molar-refractivity contribution is 5.94. The molecule has 2 aromatic rings. The molecule has 1 atom stereocenters. The Morgan fingerprint density at radius 1 is 1.27 bits per heavy atom. The lowest BCUT2D eigenvalue weighted by Crippen LogP contribution is -2.32.